The molecule has 2 rings (SSSR count). The van der Waals surface area contributed by atoms with Crippen LogP contribution in [-0.4, -0.2) is 28.7 Å². The Morgan fingerprint density at radius 3 is 2.80 bits per heavy atom. The SMILES string of the molecule is C[C@H]1[C@H](O)C=CCN1Cc1ccccc1. The van der Waals surface area contributed by atoms with Crippen LogP contribution in [-0.2, 0) is 6.54 Å². The first kappa shape index (κ1) is 10.4. The van der Waals surface area contributed by atoms with Gasteiger partial charge in [-0.15, -0.1) is 0 Å². The summed E-state index contributed by atoms with van der Waals surface area (Å²) in [5.41, 5.74) is 1.30. The fraction of sp³-hybridized carbons (Fsp3) is 0.385. The van der Waals surface area contributed by atoms with E-state index in [2.05, 4.69) is 36.1 Å². The number of benzene rings is 1. The van der Waals surface area contributed by atoms with Crippen LogP contribution in [0.2, 0.25) is 0 Å². The van der Waals surface area contributed by atoms with Crippen LogP contribution in [0.1, 0.15) is 12.5 Å². The molecule has 2 heteroatoms. The fourth-order valence-electron chi connectivity index (χ4n) is 1.91. The second-order valence-corrected chi connectivity index (χ2v) is 4.07. The Bertz CT molecular complexity index is 334. The van der Waals surface area contributed by atoms with Crippen LogP contribution in [0.5, 0.6) is 0 Å². The molecule has 0 bridgehead atoms. The van der Waals surface area contributed by atoms with Gasteiger partial charge in [0.25, 0.3) is 0 Å². The van der Waals surface area contributed by atoms with Crippen molar-refractivity contribution >= 4 is 0 Å². The molecule has 2 atom stereocenters. The van der Waals surface area contributed by atoms with Gasteiger partial charge in [0.2, 0.25) is 0 Å². The summed E-state index contributed by atoms with van der Waals surface area (Å²) in [6.07, 6.45) is 3.59. The monoisotopic (exact) mass is 203 g/mol. The summed E-state index contributed by atoms with van der Waals surface area (Å²) in [4.78, 5) is 2.28. The molecule has 0 amide bonds. The first-order valence-corrected chi connectivity index (χ1v) is 5.40. The second-order valence-electron chi connectivity index (χ2n) is 4.07. The molecule has 80 valence electrons. The maximum atomic E-state index is 9.70. The third-order valence-corrected chi connectivity index (χ3v) is 2.97. The molecule has 0 saturated carbocycles. The summed E-state index contributed by atoms with van der Waals surface area (Å²) in [6.45, 7) is 3.90. The Hall–Kier alpha value is -1.12. The minimum absolute atomic E-state index is 0.204. The molecule has 0 aromatic heterocycles. The normalized spacial score (nSPS) is 26.8. The van der Waals surface area contributed by atoms with Gasteiger partial charge in [0.15, 0.2) is 0 Å². The molecular formula is C13H17NO. The van der Waals surface area contributed by atoms with Crippen LogP contribution < -0.4 is 0 Å². The minimum Gasteiger partial charge on any atom is -0.387 e. The first-order valence-electron chi connectivity index (χ1n) is 5.40. The topological polar surface area (TPSA) is 23.5 Å². The predicted octanol–water partition coefficient (Wildman–Crippen LogP) is 1.81. The maximum absolute atomic E-state index is 9.70. The summed E-state index contributed by atoms with van der Waals surface area (Å²) in [7, 11) is 0. The zero-order valence-corrected chi connectivity index (χ0v) is 9.00. The van der Waals surface area contributed by atoms with Gasteiger partial charge in [-0.05, 0) is 12.5 Å². The van der Waals surface area contributed by atoms with E-state index in [-0.39, 0.29) is 12.1 Å². The Labute approximate surface area is 90.8 Å². The van der Waals surface area contributed by atoms with Crippen LogP contribution >= 0.6 is 0 Å². The van der Waals surface area contributed by atoms with E-state index < -0.39 is 0 Å². The van der Waals surface area contributed by atoms with E-state index in [0.717, 1.165) is 13.1 Å². The van der Waals surface area contributed by atoms with E-state index in [9.17, 15) is 5.11 Å². The van der Waals surface area contributed by atoms with Crippen molar-refractivity contribution in [3.05, 3.63) is 48.0 Å². The van der Waals surface area contributed by atoms with Crippen molar-refractivity contribution in [1.82, 2.24) is 4.90 Å². The van der Waals surface area contributed by atoms with Crippen molar-refractivity contribution in [3.8, 4) is 0 Å². The fourth-order valence-corrected chi connectivity index (χ4v) is 1.91. The highest BCUT2D eigenvalue weighted by Gasteiger charge is 2.22. The minimum atomic E-state index is -0.331. The summed E-state index contributed by atoms with van der Waals surface area (Å²) < 4.78 is 0. The highest BCUT2D eigenvalue weighted by atomic mass is 16.3. The lowest BCUT2D eigenvalue weighted by Crippen LogP contribution is -2.43. The molecule has 0 fully saturated rings. The van der Waals surface area contributed by atoms with Gasteiger partial charge < -0.3 is 5.11 Å². The van der Waals surface area contributed by atoms with Gasteiger partial charge in [-0.3, -0.25) is 4.90 Å². The van der Waals surface area contributed by atoms with Crippen LogP contribution in [0, 0.1) is 0 Å². The highest BCUT2D eigenvalue weighted by molar-refractivity contribution is 5.15. The lowest BCUT2D eigenvalue weighted by molar-refractivity contribution is 0.0818. The summed E-state index contributed by atoms with van der Waals surface area (Å²) >= 11 is 0. The van der Waals surface area contributed by atoms with E-state index in [0.29, 0.717) is 0 Å². The van der Waals surface area contributed by atoms with Crippen LogP contribution in [0.25, 0.3) is 0 Å². The van der Waals surface area contributed by atoms with E-state index in [1.807, 2.05) is 18.2 Å². The number of hydrogen-bond donors (Lipinski definition) is 1. The van der Waals surface area contributed by atoms with E-state index >= 15 is 0 Å². The zero-order valence-electron chi connectivity index (χ0n) is 9.00. The van der Waals surface area contributed by atoms with E-state index in [4.69, 9.17) is 0 Å². The Morgan fingerprint density at radius 1 is 1.33 bits per heavy atom. The van der Waals surface area contributed by atoms with Crippen molar-refractivity contribution in [1.29, 1.82) is 0 Å². The zero-order chi connectivity index (χ0) is 10.7. The maximum Gasteiger partial charge on any atom is 0.0874 e. The molecule has 1 N–H and O–H groups in total. The van der Waals surface area contributed by atoms with Gasteiger partial charge >= 0.3 is 0 Å². The Kier molecular flexibility index (Phi) is 3.19. The van der Waals surface area contributed by atoms with Gasteiger partial charge in [0, 0.05) is 19.1 Å². The standard InChI is InChI=1S/C13H17NO/c1-11-13(15)8-5-9-14(11)10-12-6-3-2-4-7-12/h2-8,11,13,15H,9-10H2,1H3/t11-,13+/m0/s1. The molecular weight excluding hydrogens is 186 g/mol. The lowest BCUT2D eigenvalue weighted by Gasteiger charge is -2.33. The first-order chi connectivity index (χ1) is 7.27. The largest absolute Gasteiger partial charge is 0.387 e. The molecule has 1 heterocycles. The molecule has 0 spiro atoms. The molecule has 2 nitrogen and oxygen atoms in total. The average molecular weight is 203 g/mol. The van der Waals surface area contributed by atoms with Crippen LogP contribution in [0.3, 0.4) is 0 Å². The second kappa shape index (κ2) is 4.60. The number of aliphatic hydroxyl groups is 1. The average Bonchev–Trinajstić information content (AvgIpc) is 2.26. The summed E-state index contributed by atoms with van der Waals surface area (Å²) in [6, 6.07) is 10.6. The van der Waals surface area contributed by atoms with Gasteiger partial charge in [0.1, 0.15) is 0 Å². The molecule has 1 aromatic carbocycles. The van der Waals surface area contributed by atoms with Gasteiger partial charge in [-0.1, -0.05) is 42.5 Å². The van der Waals surface area contributed by atoms with E-state index in [1.54, 1.807) is 0 Å². The predicted molar refractivity (Wildman–Crippen MR) is 61.5 cm³/mol. The van der Waals surface area contributed by atoms with Gasteiger partial charge in [-0.2, -0.15) is 0 Å². The van der Waals surface area contributed by atoms with Crippen molar-refractivity contribution in [2.24, 2.45) is 0 Å². The molecule has 0 unspecified atom stereocenters. The van der Waals surface area contributed by atoms with Crippen molar-refractivity contribution in [2.45, 2.75) is 25.6 Å². The van der Waals surface area contributed by atoms with Crippen LogP contribution in [0.15, 0.2) is 42.5 Å². The number of rotatable bonds is 2. The number of nitrogens with zero attached hydrogens (tertiary/aromatic N) is 1. The van der Waals surface area contributed by atoms with E-state index in [1.165, 1.54) is 5.56 Å². The summed E-state index contributed by atoms with van der Waals surface area (Å²) in [5.74, 6) is 0. The third kappa shape index (κ3) is 2.46. The van der Waals surface area contributed by atoms with Gasteiger partial charge in [0.05, 0.1) is 6.10 Å². The van der Waals surface area contributed by atoms with Crippen molar-refractivity contribution < 1.29 is 5.11 Å². The number of hydrogen-bond acceptors (Lipinski definition) is 2. The van der Waals surface area contributed by atoms with Crippen molar-refractivity contribution in [3.63, 3.8) is 0 Å². The highest BCUT2D eigenvalue weighted by Crippen LogP contribution is 2.15. The molecule has 1 aliphatic rings. The lowest BCUT2D eigenvalue weighted by atomic mass is 10.1. The molecule has 0 saturated heterocycles. The molecule has 15 heavy (non-hydrogen) atoms. The quantitative estimate of drug-likeness (QED) is 0.741. The molecule has 0 radical (unpaired) electrons. The Balaban J connectivity index is 2.04. The van der Waals surface area contributed by atoms with Gasteiger partial charge in [-0.25, -0.2) is 0 Å². The molecule has 1 aliphatic heterocycles. The van der Waals surface area contributed by atoms with Crippen molar-refractivity contribution in [2.75, 3.05) is 6.54 Å². The number of aliphatic hydroxyl groups excluding tert-OH is 1. The summed E-state index contributed by atoms with van der Waals surface area (Å²) in [5, 5.41) is 9.70. The third-order valence-electron chi connectivity index (χ3n) is 2.97. The smallest absolute Gasteiger partial charge is 0.0874 e. The molecule has 0 aliphatic carbocycles. The molecule has 1 aromatic rings. The Morgan fingerprint density at radius 2 is 2.07 bits per heavy atom. The van der Waals surface area contributed by atoms with Crippen LogP contribution in [0.4, 0.5) is 0 Å².